The van der Waals surface area contributed by atoms with Crippen LogP contribution >= 0.6 is 0 Å². The molecule has 106 valence electrons. The van der Waals surface area contributed by atoms with E-state index in [0.29, 0.717) is 6.54 Å². The first-order valence-electron chi connectivity index (χ1n) is 6.38. The molecule has 0 aliphatic rings. The van der Waals surface area contributed by atoms with E-state index < -0.39 is 11.0 Å². The average molecular weight is 264 g/mol. The Morgan fingerprint density at radius 1 is 1.32 bits per heavy atom. The van der Waals surface area contributed by atoms with Crippen LogP contribution in [-0.2, 0) is 11.3 Å². The van der Waals surface area contributed by atoms with Gasteiger partial charge < -0.3 is 15.8 Å². The lowest BCUT2D eigenvalue weighted by molar-refractivity contribution is -0.132. The Morgan fingerprint density at radius 2 is 1.95 bits per heavy atom. The van der Waals surface area contributed by atoms with Crippen LogP contribution in [0.4, 0.5) is 0 Å². The third-order valence-electron chi connectivity index (χ3n) is 3.77. The Morgan fingerprint density at radius 3 is 2.47 bits per heavy atom. The molecule has 4 nitrogen and oxygen atoms in total. The van der Waals surface area contributed by atoms with Gasteiger partial charge >= 0.3 is 0 Å². The molecule has 1 amide bonds. The normalized spacial score (nSPS) is 12.1. The van der Waals surface area contributed by atoms with Crippen molar-refractivity contribution in [1.82, 2.24) is 5.32 Å². The van der Waals surface area contributed by atoms with Gasteiger partial charge in [-0.05, 0) is 45.4 Å². The van der Waals surface area contributed by atoms with Gasteiger partial charge in [0.1, 0.15) is 5.75 Å². The Labute approximate surface area is 115 Å². The molecule has 0 aliphatic heterocycles. The minimum absolute atomic E-state index is 0.0529. The van der Waals surface area contributed by atoms with Crippen molar-refractivity contribution >= 4 is 5.91 Å². The highest BCUT2D eigenvalue weighted by atomic mass is 16.5. The predicted octanol–water partition coefficient (Wildman–Crippen LogP) is 2.07. The van der Waals surface area contributed by atoms with Crippen molar-refractivity contribution < 1.29 is 9.53 Å². The van der Waals surface area contributed by atoms with Crippen molar-refractivity contribution in [1.29, 1.82) is 0 Å². The summed E-state index contributed by atoms with van der Waals surface area (Å²) in [6, 6.07) is 7.63. The molecule has 0 saturated carbocycles. The van der Waals surface area contributed by atoms with Gasteiger partial charge in [-0.3, -0.25) is 4.79 Å². The maximum atomic E-state index is 12.2. The molecule has 0 aliphatic carbocycles. The standard InChI is InChI=1S/C15H24N2O2/c1-14(2,15(3,4)16)13(18)17-10-11-7-6-8-12(9-11)19-5/h6-9H,10,16H2,1-5H3,(H,17,18). The van der Waals surface area contributed by atoms with Crippen LogP contribution < -0.4 is 15.8 Å². The summed E-state index contributed by atoms with van der Waals surface area (Å²) in [7, 11) is 1.62. The van der Waals surface area contributed by atoms with E-state index in [1.165, 1.54) is 0 Å². The molecule has 0 atom stereocenters. The van der Waals surface area contributed by atoms with Crippen LogP contribution in [0.2, 0.25) is 0 Å². The van der Waals surface area contributed by atoms with Gasteiger partial charge in [-0.25, -0.2) is 0 Å². The quantitative estimate of drug-likeness (QED) is 0.855. The third-order valence-corrected chi connectivity index (χ3v) is 3.77. The van der Waals surface area contributed by atoms with Crippen LogP contribution in [0.15, 0.2) is 24.3 Å². The lowest BCUT2D eigenvalue weighted by Gasteiger charge is -2.36. The molecule has 0 spiro atoms. The molecule has 0 saturated heterocycles. The van der Waals surface area contributed by atoms with E-state index in [-0.39, 0.29) is 5.91 Å². The first-order valence-corrected chi connectivity index (χ1v) is 6.38. The molecule has 3 N–H and O–H groups in total. The number of benzene rings is 1. The lowest BCUT2D eigenvalue weighted by Crippen LogP contribution is -2.55. The number of ether oxygens (including phenoxy) is 1. The molecule has 0 radical (unpaired) electrons. The fourth-order valence-corrected chi connectivity index (χ4v) is 1.48. The number of rotatable bonds is 5. The molecule has 0 bridgehead atoms. The molecular formula is C15H24N2O2. The van der Waals surface area contributed by atoms with Crippen LogP contribution in [0.1, 0.15) is 33.3 Å². The second kappa shape index (κ2) is 5.61. The SMILES string of the molecule is COc1cccc(CNC(=O)C(C)(C)C(C)(C)N)c1. The van der Waals surface area contributed by atoms with Crippen molar-refractivity contribution in [2.45, 2.75) is 39.8 Å². The highest BCUT2D eigenvalue weighted by Crippen LogP contribution is 2.28. The van der Waals surface area contributed by atoms with Gasteiger partial charge in [-0.1, -0.05) is 12.1 Å². The minimum atomic E-state index is -0.633. The van der Waals surface area contributed by atoms with Crippen LogP contribution in [0.5, 0.6) is 5.75 Å². The molecular weight excluding hydrogens is 240 g/mol. The predicted molar refractivity (Wildman–Crippen MR) is 76.9 cm³/mol. The fourth-order valence-electron chi connectivity index (χ4n) is 1.48. The topological polar surface area (TPSA) is 64.3 Å². The number of nitrogens with one attached hydrogen (secondary N) is 1. The number of carbonyl (C=O) groups is 1. The first-order chi connectivity index (χ1) is 8.68. The molecule has 0 aromatic heterocycles. The van der Waals surface area contributed by atoms with E-state index in [0.717, 1.165) is 11.3 Å². The molecule has 1 aromatic carbocycles. The summed E-state index contributed by atoms with van der Waals surface area (Å²) in [5, 5.41) is 2.92. The summed E-state index contributed by atoms with van der Waals surface area (Å²) >= 11 is 0. The summed E-state index contributed by atoms with van der Waals surface area (Å²) < 4.78 is 5.15. The summed E-state index contributed by atoms with van der Waals surface area (Å²) in [6.07, 6.45) is 0. The monoisotopic (exact) mass is 264 g/mol. The summed E-state index contributed by atoms with van der Waals surface area (Å²) in [4.78, 5) is 12.2. The van der Waals surface area contributed by atoms with Gasteiger partial charge in [-0.15, -0.1) is 0 Å². The van der Waals surface area contributed by atoms with E-state index >= 15 is 0 Å². The first kappa shape index (κ1) is 15.5. The molecule has 1 rings (SSSR count). The molecule has 4 heteroatoms. The van der Waals surface area contributed by atoms with Gasteiger partial charge in [0.05, 0.1) is 12.5 Å². The molecule has 0 unspecified atom stereocenters. The summed E-state index contributed by atoms with van der Waals surface area (Å²) in [5.74, 6) is 0.730. The Balaban J connectivity index is 2.69. The summed E-state index contributed by atoms with van der Waals surface area (Å²) in [6.45, 7) is 7.90. The van der Waals surface area contributed by atoms with Gasteiger partial charge in [0.25, 0.3) is 0 Å². The largest absolute Gasteiger partial charge is 0.497 e. The van der Waals surface area contributed by atoms with E-state index in [2.05, 4.69) is 5.32 Å². The smallest absolute Gasteiger partial charge is 0.227 e. The average Bonchev–Trinajstić information content (AvgIpc) is 2.34. The van der Waals surface area contributed by atoms with Crippen LogP contribution in [0, 0.1) is 5.41 Å². The van der Waals surface area contributed by atoms with Crippen LogP contribution in [-0.4, -0.2) is 18.6 Å². The zero-order valence-electron chi connectivity index (χ0n) is 12.4. The van der Waals surface area contributed by atoms with E-state index in [4.69, 9.17) is 10.5 Å². The van der Waals surface area contributed by atoms with Crippen LogP contribution in [0.3, 0.4) is 0 Å². The second-order valence-corrected chi connectivity index (χ2v) is 5.88. The number of hydrogen-bond acceptors (Lipinski definition) is 3. The van der Waals surface area contributed by atoms with Gasteiger partial charge in [0.15, 0.2) is 0 Å². The Hall–Kier alpha value is -1.55. The lowest BCUT2D eigenvalue weighted by atomic mass is 9.74. The van der Waals surface area contributed by atoms with Crippen LogP contribution in [0.25, 0.3) is 0 Å². The highest BCUT2D eigenvalue weighted by molar-refractivity contribution is 5.83. The van der Waals surface area contributed by atoms with Crippen molar-refractivity contribution in [3.8, 4) is 5.75 Å². The van der Waals surface area contributed by atoms with Crippen molar-refractivity contribution in [2.75, 3.05) is 7.11 Å². The maximum Gasteiger partial charge on any atom is 0.227 e. The highest BCUT2D eigenvalue weighted by Gasteiger charge is 2.40. The van der Waals surface area contributed by atoms with Crippen molar-refractivity contribution in [3.05, 3.63) is 29.8 Å². The molecule has 1 aromatic rings. The van der Waals surface area contributed by atoms with E-state index in [1.54, 1.807) is 7.11 Å². The Kier molecular flexibility index (Phi) is 4.58. The fraction of sp³-hybridized carbons (Fsp3) is 0.533. The number of methoxy groups -OCH3 is 1. The number of nitrogens with two attached hydrogens (primary N) is 1. The number of carbonyl (C=O) groups excluding carboxylic acids is 1. The number of hydrogen-bond donors (Lipinski definition) is 2. The van der Waals surface area contributed by atoms with Gasteiger partial charge in [0.2, 0.25) is 5.91 Å². The molecule has 0 heterocycles. The maximum absolute atomic E-state index is 12.2. The van der Waals surface area contributed by atoms with Crippen molar-refractivity contribution in [2.24, 2.45) is 11.1 Å². The van der Waals surface area contributed by atoms with Crippen molar-refractivity contribution in [3.63, 3.8) is 0 Å². The summed E-state index contributed by atoms with van der Waals surface area (Å²) in [5.41, 5.74) is 5.84. The molecule has 0 fully saturated rings. The second-order valence-electron chi connectivity index (χ2n) is 5.88. The van der Waals surface area contributed by atoms with E-state index in [1.807, 2.05) is 52.0 Å². The third kappa shape index (κ3) is 3.70. The van der Waals surface area contributed by atoms with Gasteiger partial charge in [-0.2, -0.15) is 0 Å². The van der Waals surface area contributed by atoms with Gasteiger partial charge in [0, 0.05) is 12.1 Å². The number of amides is 1. The molecule has 19 heavy (non-hydrogen) atoms. The Bertz CT molecular complexity index is 448. The zero-order valence-corrected chi connectivity index (χ0v) is 12.4. The van der Waals surface area contributed by atoms with E-state index in [9.17, 15) is 4.79 Å². The zero-order chi connectivity index (χ0) is 14.7. The minimum Gasteiger partial charge on any atom is -0.497 e.